The highest BCUT2D eigenvalue weighted by Gasteiger charge is 2.29. The number of hydrogen-bond acceptors (Lipinski definition) is 4. The summed E-state index contributed by atoms with van der Waals surface area (Å²) in [6.07, 6.45) is 0.325. The first kappa shape index (κ1) is 12.6. The average Bonchev–Trinajstić information content (AvgIpc) is 2.14. The number of aliphatic carboxylic acids is 1. The van der Waals surface area contributed by atoms with Gasteiger partial charge in [-0.2, -0.15) is 0 Å². The zero-order valence-electron chi connectivity index (χ0n) is 8.44. The summed E-state index contributed by atoms with van der Waals surface area (Å²) in [5.74, 6) is -4.77. The first-order chi connectivity index (χ1) is 6.40. The Labute approximate surface area is 82.1 Å². The third-order valence-corrected chi connectivity index (χ3v) is 1.85. The number of carboxylic acid groups (broad SMARTS) is 1. The average molecular weight is 202 g/mol. The minimum atomic E-state index is -1.61. The fourth-order valence-electron chi connectivity index (χ4n) is 0.676. The standard InChI is InChI=1S/C9H14O5/c1-4-5(2)14-9(13)6(3)7(10)8(11)12/h5-6H,4H2,1-3H3,(H,11,12). The van der Waals surface area contributed by atoms with Gasteiger partial charge in [0, 0.05) is 0 Å². The number of carbonyl (C=O) groups is 3. The molecule has 80 valence electrons. The zero-order chi connectivity index (χ0) is 11.3. The molecule has 1 N–H and O–H groups in total. The van der Waals surface area contributed by atoms with E-state index in [1.165, 1.54) is 6.92 Å². The zero-order valence-corrected chi connectivity index (χ0v) is 8.44. The van der Waals surface area contributed by atoms with E-state index in [0.29, 0.717) is 6.42 Å². The number of ketones is 1. The van der Waals surface area contributed by atoms with Crippen LogP contribution in [0, 0.1) is 5.92 Å². The summed E-state index contributed by atoms with van der Waals surface area (Å²) in [4.78, 5) is 32.2. The summed E-state index contributed by atoms with van der Waals surface area (Å²) in [7, 11) is 0. The monoisotopic (exact) mass is 202 g/mol. The Morgan fingerprint density at radius 2 is 1.79 bits per heavy atom. The molecule has 2 unspecified atom stereocenters. The SMILES string of the molecule is CCC(C)OC(=O)C(C)C(=O)C(=O)O. The van der Waals surface area contributed by atoms with Crippen molar-refractivity contribution in [3.63, 3.8) is 0 Å². The van der Waals surface area contributed by atoms with Crippen LogP contribution in [0.3, 0.4) is 0 Å². The van der Waals surface area contributed by atoms with Crippen LogP contribution in [-0.4, -0.2) is 28.9 Å². The Balaban J connectivity index is 4.26. The van der Waals surface area contributed by atoms with Crippen molar-refractivity contribution in [1.29, 1.82) is 0 Å². The summed E-state index contributed by atoms with van der Waals surface area (Å²) in [5, 5.41) is 8.34. The fraction of sp³-hybridized carbons (Fsp3) is 0.667. The predicted molar refractivity (Wildman–Crippen MR) is 47.7 cm³/mol. The van der Waals surface area contributed by atoms with Crippen LogP contribution in [-0.2, 0) is 19.1 Å². The molecular weight excluding hydrogens is 188 g/mol. The van der Waals surface area contributed by atoms with Crippen molar-refractivity contribution in [3.05, 3.63) is 0 Å². The van der Waals surface area contributed by atoms with E-state index in [4.69, 9.17) is 9.84 Å². The van der Waals surface area contributed by atoms with Gasteiger partial charge in [0.05, 0.1) is 6.10 Å². The normalized spacial score (nSPS) is 14.2. The van der Waals surface area contributed by atoms with Crippen LogP contribution in [0.2, 0.25) is 0 Å². The predicted octanol–water partition coefficient (Wildman–Crippen LogP) is 0.618. The molecule has 0 rings (SSSR count). The fourth-order valence-corrected chi connectivity index (χ4v) is 0.676. The van der Waals surface area contributed by atoms with E-state index in [2.05, 4.69) is 0 Å². The quantitative estimate of drug-likeness (QED) is 0.401. The molecule has 5 heteroatoms. The van der Waals surface area contributed by atoms with Gasteiger partial charge in [-0.15, -0.1) is 0 Å². The molecule has 0 bridgehead atoms. The topological polar surface area (TPSA) is 80.7 Å². The molecular formula is C9H14O5. The van der Waals surface area contributed by atoms with Gasteiger partial charge in [0.15, 0.2) is 0 Å². The van der Waals surface area contributed by atoms with Gasteiger partial charge in [0.1, 0.15) is 5.92 Å². The number of esters is 1. The minimum absolute atomic E-state index is 0.299. The molecule has 0 aromatic rings. The largest absolute Gasteiger partial charge is 0.475 e. The highest BCUT2D eigenvalue weighted by molar-refractivity contribution is 6.36. The summed E-state index contributed by atoms with van der Waals surface area (Å²) in [6, 6.07) is 0. The Bertz CT molecular complexity index is 246. The Hall–Kier alpha value is -1.39. The molecule has 0 aromatic carbocycles. The number of ether oxygens (including phenoxy) is 1. The first-order valence-corrected chi connectivity index (χ1v) is 4.37. The van der Waals surface area contributed by atoms with Crippen molar-refractivity contribution < 1.29 is 24.2 Å². The molecule has 5 nitrogen and oxygen atoms in total. The lowest BCUT2D eigenvalue weighted by Crippen LogP contribution is -2.30. The molecule has 0 aromatic heterocycles. The van der Waals surface area contributed by atoms with Crippen LogP contribution < -0.4 is 0 Å². The van der Waals surface area contributed by atoms with Crippen LogP contribution in [0.5, 0.6) is 0 Å². The highest BCUT2D eigenvalue weighted by Crippen LogP contribution is 2.05. The summed E-state index contributed by atoms with van der Waals surface area (Å²) < 4.78 is 4.81. The van der Waals surface area contributed by atoms with E-state index in [1.54, 1.807) is 6.92 Å². The van der Waals surface area contributed by atoms with Gasteiger partial charge in [0.2, 0.25) is 0 Å². The van der Waals surface area contributed by atoms with E-state index in [9.17, 15) is 14.4 Å². The lowest BCUT2D eigenvalue weighted by atomic mass is 10.1. The van der Waals surface area contributed by atoms with Gasteiger partial charge in [0.25, 0.3) is 5.78 Å². The van der Waals surface area contributed by atoms with Crippen molar-refractivity contribution in [2.75, 3.05) is 0 Å². The molecule has 0 saturated carbocycles. The van der Waals surface area contributed by atoms with Crippen molar-refractivity contribution >= 4 is 17.7 Å². The maximum absolute atomic E-state index is 11.2. The molecule has 0 heterocycles. The van der Waals surface area contributed by atoms with Crippen molar-refractivity contribution in [3.8, 4) is 0 Å². The summed E-state index contributed by atoms with van der Waals surface area (Å²) in [6.45, 7) is 4.72. The Morgan fingerprint density at radius 1 is 1.29 bits per heavy atom. The van der Waals surface area contributed by atoms with Gasteiger partial charge in [-0.1, -0.05) is 6.92 Å². The number of rotatable bonds is 5. The van der Waals surface area contributed by atoms with Crippen LogP contribution in [0.25, 0.3) is 0 Å². The summed E-state index contributed by atoms with van der Waals surface area (Å²) in [5.41, 5.74) is 0. The van der Waals surface area contributed by atoms with Crippen molar-refractivity contribution in [1.82, 2.24) is 0 Å². The number of hydrogen-bond donors (Lipinski definition) is 1. The number of Topliss-reactive ketones (excluding diaryl/α,β-unsaturated/α-hetero) is 1. The molecule has 0 spiro atoms. The Morgan fingerprint density at radius 3 is 2.14 bits per heavy atom. The van der Waals surface area contributed by atoms with Crippen LogP contribution in [0.4, 0.5) is 0 Å². The van der Waals surface area contributed by atoms with Crippen molar-refractivity contribution in [2.24, 2.45) is 5.92 Å². The summed E-state index contributed by atoms with van der Waals surface area (Å²) >= 11 is 0. The molecule has 0 aliphatic rings. The Kier molecular flexibility index (Phi) is 4.83. The highest BCUT2D eigenvalue weighted by atomic mass is 16.5. The lowest BCUT2D eigenvalue weighted by Gasteiger charge is -2.13. The third kappa shape index (κ3) is 3.55. The van der Waals surface area contributed by atoms with E-state index in [0.717, 1.165) is 0 Å². The van der Waals surface area contributed by atoms with Gasteiger partial charge < -0.3 is 9.84 Å². The van der Waals surface area contributed by atoms with E-state index in [-0.39, 0.29) is 6.10 Å². The second-order valence-corrected chi connectivity index (χ2v) is 3.05. The van der Waals surface area contributed by atoms with Gasteiger partial charge >= 0.3 is 11.9 Å². The van der Waals surface area contributed by atoms with Gasteiger partial charge in [-0.3, -0.25) is 9.59 Å². The first-order valence-electron chi connectivity index (χ1n) is 4.37. The van der Waals surface area contributed by atoms with E-state index in [1.807, 2.05) is 6.92 Å². The van der Waals surface area contributed by atoms with E-state index >= 15 is 0 Å². The van der Waals surface area contributed by atoms with Crippen LogP contribution >= 0.6 is 0 Å². The molecule has 2 atom stereocenters. The smallest absolute Gasteiger partial charge is 0.373 e. The van der Waals surface area contributed by atoms with Gasteiger partial charge in [-0.25, -0.2) is 4.79 Å². The lowest BCUT2D eigenvalue weighted by molar-refractivity contribution is -0.161. The maximum atomic E-state index is 11.2. The minimum Gasteiger partial charge on any atom is -0.475 e. The molecule has 0 aliphatic heterocycles. The second-order valence-electron chi connectivity index (χ2n) is 3.05. The molecule has 0 aliphatic carbocycles. The molecule has 0 amide bonds. The maximum Gasteiger partial charge on any atom is 0.373 e. The molecule has 14 heavy (non-hydrogen) atoms. The van der Waals surface area contributed by atoms with E-state index < -0.39 is 23.6 Å². The van der Waals surface area contributed by atoms with Gasteiger partial charge in [-0.05, 0) is 20.3 Å². The number of carboxylic acids is 1. The molecule has 0 saturated heterocycles. The third-order valence-electron chi connectivity index (χ3n) is 1.85. The molecule has 0 radical (unpaired) electrons. The van der Waals surface area contributed by atoms with Crippen LogP contribution in [0.15, 0.2) is 0 Å². The van der Waals surface area contributed by atoms with Crippen LogP contribution in [0.1, 0.15) is 27.2 Å². The second kappa shape index (κ2) is 5.36. The van der Waals surface area contributed by atoms with Crippen molar-refractivity contribution in [2.45, 2.75) is 33.3 Å². The molecule has 0 fully saturated rings. The number of carbonyl (C=O) groups excluding carboxylic acids is 2.